The Balaban J connectivity index is 2.29. The summed E-state index contributed by atoms with van der Waals surface area (Å²) in [7, 11) is 0. The molecule has 1 amide bonds. The van der Waals surface area contributed by atoms with Gasteiger partial charge in [-0.25, -0.2) is 0 Å². The standard InChI is InChI=1S/C16H17Cl2F3N2O3/c1-8(2)12-7-15(25,16(19,20)21)23(22-12)14(24)9(3)26-13-5-4-10(17)6-11(13)18/h4-6,8-9,25H,7H2,1-3H3/t9-,15-/m0/s1. The van der Waals surface area contributed by atoms with Gasteiger partial charge in [-0.2, -0.15) is 23.3 Å². The average molecular weight is 413 g/mol. The second-order valence-corrected chi connectivity index (χ2v) is 7.07. The first kappa shape index (κ1) is 20.8. The maximum absolute atomic E-state index is 13.4. The number of rotatable bonds is 4. The molecule has 0 aliphatic carbocycles. The van der Waals surface area contributed by atoms with E-state index in [1.54, 1.807) is 13.8 Å². The van der Waals surface area contributed by atoms with E-state index in [1.807, 2.05) is 0 Å². The lowest BCUT2D eigenvalue weighted by Gasteiger charge is -2.33. The highest BCUT2D eigenvalue weighted by molar-refractivity contribution is 6.35. The van der Waals surface area contributed by atoms with Crippen molar-refractivity contribution in [1.29, 1.82) is 0 Å². The highest BCUT2D eigenvalue weighted by atomic mass is 35.5. The van der Waals surface area contributed by atoms with E-state index in [0.717, 1.165) is 0 Å². The number of carbonyl (C=O) groups excluding carboxylic acids is 1. The zero-order chi connectivity index (χ0) is 19.9. The first-order valence-electron chi connectivity index (χ1n) is 7.69. The van der Waals surface area contributed by atoms with Crippen LogP contribution >= 0.6 is 23.2 Å². The van der Waals surface area contributed by atoms with Gasteiger partial charge in [0.05, 0.1) is 5.02 Å². The van der Waals surface area contributed by atoms with Crippen molar-refractivity contribution >= 4 is 34.8 Å². The van der Waals surface area contributed by atoms with Crippen molar-refractivity contribution in [2.24, 2.45) is 11.0 Å². The molecule has 0 bridgehead atoms. The third-order valence-corrected chi connectivity index (χ3v) is 4.41. The molecule has 10 heteroatoms. The second kappa shape index (κ2) is 7.25. The van der Waals surface area contributed by atoms with Crippen molar-refractivity contribution in [2.75, 3.05) is 0 Å². The van der Waals surface area contributed by atoms with Gasteiger partial charge >= 0.3 is 6.18 Å². The van der Waals surface area contributed by atoms with Crippen LogP contribution in [-0.4, -0.2) is 39.7 Å². The molecule has 2 rings (SSSR count). The molecule has 0 saturated carbocycles. The summed E-state index contributed by atoms with van der Waals surface area (Å²) in [5, 5.41) is 14.3. The fourth-order valence-electron chi connectivity index (χ4n) is 2.33. The summed E-state index contributed by atoms with van der Waals surface area (Å²) in [6, 6.07) is 4.21. The number of ether oxygens (including phenoxy) is 1. The van der Waals surface area contributed by atoms with Crippen molar-refractivity contribution in [3.05, 3.63) is 28.2 Å². The van der Waals surface area contributed by atoms with Gasteiger partial charge in [-0.1, -0.05) is 37.0 Å². The quantitative estimate of drug-likeness (QED) is 0.803. The van der Waals surface area contributed by atoms with Gasteiger partial charge in [0.15, 0.2) is 6.10 Å². The third kappa shape index (κ3) is 3.92. The minimum absolute atomic E-state index is 0.0524. The summed E-state index contributed by atoms with van der Waals surface area (Å²) in [5.74, 6) is -1.45. The molecule has 0 aromatic heterocycles. The van der Waals surface area contributed by atoms with Gasteiger partial charge in [0.25, 0.3) is 11.6 Å². The maximum atomic E-state index is 13.4. The number of amides is 1. The van der Waals surface area contributed by atoms with Crippen molar-refractivity contribution in [3.63, 3.8) is 0 Å². The lowest BCUT2D eigenvalue weighted by molar-refractivity contribution is -0.303. The van der Waals surface area contributed by atoms with Gasteiger partial charge in [0, 0.05) is 17.2 Å². The number of hydrogen-bond acceptors (Lipinski definition) is 4. The smallest absolute Gasteiger partial charge is 0.438 e. The van der Waals surface area contributed by atoms with Crippen LogP contribution in [0.15, 0.2) is 23.3 Å². The molecule has 0 saturated heterocycles. The van der Waals surface area contributed by atoms with E-state index < -0.39 is 30.3 Å². The SMILES string of the molecule is CC(C)C1=NN(C(=O)[C@H](C)Oc2ccc(Cl)cc2Cl)[C@@](O)(C(F)(F)F)C1. The Bertz CT molecular complexity index is 740. The summed E-state index contributed by atoms with van der Waals surface area (Å²) in [6.07, 6.45) is -7.27. The monoisotopic (exact) mass is 412 g/mol. The molecule has 1 N–H and O–H groups in total. The van der Waals surface area contributed by atoms with E-state index in [4.69, 9.17) is 27.9 Å². The van der Waals surface area contributed by atoms with Crippen molar-refractivity contribution < 1.29 is 27.8 Å². The lowest BCUT2D eigenvalue weighted by Crippen LogP contribution is -2.58. The molecule has 1 aromatic rings. The molecule has 5 nitrogen and oxygen atoms in total. The molecule has 0 radical (unpaired) electrons. The summed E-state index contributed by atoms with van der Waals surface area (Å²) < 4.78 is 45.5. The number of alkyl halides is 3. The van der Waals surface area contributed by atoms with Crippen LogP contribution in [0, 0.1) is 5.92 Å². The molecule has 26 heavy (non-hydrogen) atoms. The first-order chi connectivity index (χ1) is 11.9. The van der Waals surface area contributed by atoms with E-state index in [2.05, 4.69) is 5.10 Å². The van der Waals surface area contributed by atoms with Crippen LogP contribution in [0.1, 0.15) is 27.2 Å². The Morgan fingerprint density at radius 2 is 1.96 bits per heavy atom. The third-order valence-electron chi connectivity index (χ3n) is 3.88. The Morgan fingerprint density at radius 3 is 2.46 bits per heavy atom. The van der Waals surface area contributed by atoms with Gasteiger partial charge in [-0.3, -0.25) is 4.79 Å². The predicted molar refractivity (Wildman–Crippen MR) is 91.3 cm³/mol. The Morgan fingerprint density at radius 1 is 1.35 bits per heavy atom. The molecule has 0 unspecified atom stereocenters. The highest BCUT2D eigenvalue weighted by Gasteiger charge is 2.63. The van der Waals surface area contributed by atoms with Crippen LogP contribution in [0.5, 0.6) is 5.75 Å². The first-order valence-corrected chi connectivity index (χ1v) is 8.44. The number of nitrogens with zero attached hydrogens (tertiary/aromatic N) is 2. The number of aliphatic hydroxyl groups is 1. The largest absolute Gasteiger partial charge is 0.479 e. The van der Waals surface area contributed by atoms with E-state index in [0.29, 0.717) is 5.02 Å². The van der Waals surface area contributed by atoms with Crippen LogP contribution in [0.4, 0.5) is 13.2 Å². The van der Waals surface area contributed by atoms with E-state index in [1.165, 1.54) is 25.1 Å². The average Bonchev–Trinajstić information content (AvgIpc) is 2.88. The molecule has 1 heterocycles. The zero-order valence-electron chi connectivity index (χ0n) is 14.1. The molecular weight excluding hydrogens is 396 g/mol. The van der Waals surface area contributed by atoms with Gasteiger partial charge < -0.3 is 9.84 Å². The summed E-state index contributed by atoms with van der Waals surface area (Å²) in [5.41, 5.74) is -3.35. The number of benzene rings is 1. The predicted octanol–water partition coefficient (Wildman–Crippen LogP) is 4.26. The van der Waals surface area contributed by atoms with Crippen LogP contribution in [0.3, 0.4) is 0 Å². The number of hydrazone groups is 1. The van der Waals surface area contributed by atoms with Gasteiger partial charge in [0.1, 0.15) is 5.75 Å². The normalized spacial score (nSPS) is 21.8. The Hall–Kier alpha value is -1.51. The molecule has 1 aromatic carbocycles. The summed E-state index contributed by atoms with van der Waals surface area (Å²) in [6.45, 7) is 4.49. The van der Waals surface area contributed by atoms with Gasteiger partial charge in [0.2, 0.25) is 0 Å². The van der Waals surface area contributed by atoms with Crippen LogP contribution in [0.25, 0.3) is 0 Å². The molecule has 2 atom stereocenters. The number of halogens is 5. The van der Waals surface area contributed by atoms with Crippen molar-refractivity contribution in [3.8, 4) is 5.75 Å². The fourth-order valence-corrected chi connectivity index (χ4v) is 2.78. The second-order valence-electron chi connectivity index (χ2n) is 6.22. The molecule has 1 aliphatic heterocycles. The lowest BCUT2D eigenvalue weighted by atomic mass is 9.99. The molecule has 0 spiro atoms. The highest BCUT2D eigenvalue weighted by Crippen LogP contribution is 2.42. The van der Waals surface area contributed by atoms with E-state index in [9.17, 15) is 23.1 Å². The van der Waals surface area contributed by atoms with Gasteiger partial charge in [-0.15, -0.1) is 0 Å². The fraction of sp³-hybridized carbons (Fsp3) is 0.500. The molecule has 1 aliphatic rings. The van der Waals surface area contributed by atoms with Crippen LogP contribution in [-0.2, 0) is 4.79 Å². The summed E-state index contributed by atoms with van der Waals surface area (Å²) in [4.78, 5) is 12.5. The maximum Gasteiger partial charge on any atom is 0.438 e. The van der Waals surface area contributed by atoms with Gasteiger partial charge in [-0.05, 0) is 31.0 Å². The van der Waals surface area contributed by atoms with Crippen LogP contribution in [0.2, 0.25) is 10.0 Å². The molecular formula is C16H17Cl2F3N2O3. The van der Waals surface area contributed by atoms with E-state index >= 15 is 0 Å². The number of hydrogen-bond donors (Lipinski definition) is 1. The molecule has 144 valence electrons. The minimum Gasteiger partial charge on any atom is -0.479 e. The zero-order valence-corrected chi connectivity index (χ0v) is 15.7. The number of carbonyl (C=O) groups is 1. The van der Waals surface area contributed by atoms with Crippen molar-refractivity contribution in [1.82, 2.24) is 5.01 Å². The minimum atomic E-state index is -5.08. The van der Waals surface area contributed by atoms with E-state index in [-0.39, 0.29) is 27.4 Å². The summed E-state index contributed by atoms with van der Waals surface area (Å²) >= 11 is 11.7. The van der Waals surface area contributed by atoms with Crippen molar-refractivity contribution in [2.45, 2.75) is 45.2 Å². The van der Waals surface area contributed by atoms with Crippen LogP contribution < -0.4 is 4.74 Å². The Labute approximate surface area is 158 Å². The molecule has 0 fully saturated rings. The Kier molecular flexibility index (Phi) is 5.80. The topological polar surface area (TPSA) is 62.1 Å².